The minimum absolute atomic E-state index is 0.158. The van der Waals surface area contributed by atoms with Crippen LogP contribution < -0.4 is 16.0 Å². The third-order valence-electron chi connectivity index (χ3n) is 2.14. The molecule has 0 aliphatic carbocycles. The van der Waals surface area contributed by atoms with E-state index in [1.54, 1.807) is 0 Å². The van der Waals surface area contributed by atoms with E-state index in [-0.39, 0.29) is 20.2 Å². The van der Waals surface area contributed by atoms with E-state index in [0.717, 1.165) is 0 Å². The Labute approximate surface area is 195 Å². The maximum Gasteiger partial charge on any atom is 0.106 e. The van der Waals surface area contributed by atoms with Gasteiger partial charge in [0, 0.05) is 0 Å². The largest absolute Gasteiger partial charge is 0.381 e. The predicted molar refractivity (Wildman–Crippen MR) is 122 cm³/mol. The van der Waals surface area contributed by atoms with Crippen LogP contribution in [0.4, 0.5) is 0 Å². The van der Waals surface area contributed by atoms with E-state index in [2.05, 4.69) is 16.0 Å². The quantitative estimate of drug-likeness (QED) is 0.141. The Morgan fingerprint density at radius 1 is 0.455 bits per heavy atom. The highest BCUT2D eigenvalue weighted by molar-refractivity contribution is 5.11. The van der Waals surface area contributed by atoms with Gasteiger partial charge in [-0.05, 0) is 19.3 Å². The smallest absolute Gasteiger partial charge is 0.106 e. The number of aliphatic hydroxyl groups excluding tert-OH is 6. The fourth-order valence-corrected chi connectivity index (χ4v) is 0.749. The molecule has 9 N–H and O–H groups in total. The van der Waals surface area contributed by atoms with Gasteiger partial charge in [0.2, 0.25) is 0 Å². The van der Waals surface area contributed by atoms with E-state index in [9.17, 15) is 0 Å². The molecular weight excluding hydrogens is 450 g/mol. The molecule has 0 amide bonds. The average Bonchev–Trinajstić information content (AvgIpc) is 2.92. The van der Waals surface area contributed by atoms with E-state index in [1.807, 2.05) is 61.5 Å². The number of aliphatic hydroxyl groups is 6. The fraction of sp³-hybridized carbons (Fsp3) is 0.667. The molecule has 0 aromatic carbocycles. The third kappa shape index (κ3) is 142. The first-order valence-electron chi connectivity index (χ1n) is 8.73. The van der Waals surface area contributed by atoms with E-state index >= 15 is 0 Å². The molecular formula is C18H45N3O12. The van der Waals surface area contributed by atoms with Crippen molar-refractivity contribution in [2.45, 2.75) is 58.7 Å². The van der Waals surface area contributed by atoms with Crippen molar-refractivity contribution in [3.8, 4) is 0 Å². The molecule has 15 nitrogen and oxygen atoms in total. The van der Waals surface area contributed by atoms with E-state index < -0.39 is 18.7 Å². The minimum Gasteiger partial charge on any atom is -0.381 e. The molecule has 3 atom stereocenters. The van der Waals surface area contributed by atoms with Crippen molar-refractivity contribution in [2.24, 2.45) is 0 Å². The molecule has 0 aromatic heterocycles. The summed E-state index contributed by atoms with van der Waals surface area (Å²) in [4.78, 5) is 48.0. The summed E-state index contributed by atoms with van der Waals surface area (Å²) in [5, 5.41) is 57.3. The fourth-order valence-electron chi connectivity index (χ4n) is 0.749. The summed E-state index contributed by atoms with van der Waals surface area (Å²) in [6, 6.07) is 0. The molecule has 0 aliphatic rings. The maximum atomic E-state index is 8.59. The summed E-state index contributed by atoms with van der Waals surface area (Å²) in [5.41, 5.74) is 0. The van der Waals surface area contributed by atoms with E-state index in [1.165, 1.54) is 0 Å². The molecule has 0 fully saturated rings. The van der Waals surface area contributed by atoms with Gasteiger partial charge in [-0.1, -0.05) is 20.8 Å². The zero-order valence-corrected chi connectivity index (χ0v) is 19.9. The van der Waals surface area contributed by atoms with Crippen molar-refractivity contribution in [1.82, 2.24) is 16.0 Å². The molecule has 0 heterocycles. The highest BCUT2D eigenvalue weighted by Gasteiger charge is 1.93. The minimum atomic E-state index is -0.551. The van der Waals surface area contributed by atoms with Crippen LogP contribution in [0.3, 0.4) is 0 Å². The van der Waals surface area contributed by atoms with Crippen molar-refractivity contribution >= 4 is 40.7 Å². The van der Waals surface area contributed by atoms with Crippen molar-refractivity contribution in [3.63, 3.8) is 0 Å². The van der Waals surface area contributed by atoms with Crippen molar-refractivity contribution in [1.29, 1.82) is 0 Å². The van der Waals surface area contributed by atoms with Crippen molar-refractivity contribution < 1.29 is 59.4 Å². The van der Waals surface area contributed by atoms with Crippen LogP contribution in [0.15, 0.2) is 0 Å². The van der Waals surface area contributed by atoms with Gasteiger partial charge in [-0.2, -0.15) is 0 Å². The number of rotatable bonds is 9. The van der Waals surface area contributed by atoms with Gasteiger partial charge in [-0.3, -0.25) is 16.0 Å². The van der Waals surface area contributed by atoms with Crippen LogP contribution in [-0.2, 0) is 28.8 Å². The molecule has 0 radical (unpaired) electrons. The van der Waals surface area contributed by atoms with Crippen LogP contribution in [0, 0.1) is 0 Å². The summed E-state index contributed by atoms with van der Waals surface area (Å²) < 4.78 is 0. The molecule has 33 heavy (non-hydrogen) atoms. The first-order chi connectivity index (χ1) is 15.9. The second kappa shape index (κ2) is 99.3. The summed E-state index contributed by atoms with van der Waals surface area (Å²) >= 11 is 0. The van der Waals surface area contributed by atoms with Crippen LogP contribution in [0.2, 0.25) is 0 Å². The standard InChI is InChI=1S/3C4H11NO2.6CH2O/c3*1-2-4(7)5-3-6;6*1-2/h3*4-7H,2-3H2,1H3;6*1H2. The lowest BCUT2D eigenvalue weighted by atomic mass is 10.4. The molecule has 204 valence electrons. The van der Waals surface area contributed by atoms with E-state index in [4.69, 9.17) is 59.4 Å². The van der Waals surface area contributed by atoms with Gasteiger partial charge in [0.15, 0.2) is 0 Å². The Hall–Kier alpha value is -2.34. The third-order valence-corrected chi connectivity index (χ3v) is 2.14. The van der Waals surface area contributed by atoms with Crippen LogP contribution >= 0.6 is 0 Å². The topological polar surface area (TPSA) is 260 Å². The first-order valence-corrected chi connectivity index (χ1v) is 8.73. The molecule has 0 aliphatic heterocycles. The van der Waals surface area contributed by atoms with Gasteiger partial charge >= 0.3 is 0 Å². The number of carbonyl (C=O) groups is 6. The predicted octanol–water partition coefficient (Wildman–Crippen LogP) is -3.35. The highest BCUT2D eigenvalue weighted by atomic mass is 16.3. The van der Waals surface area contributed by atoms with Gasteiger partial charge in [0.25, 0.3) is 0 Å². The zero-order chi connectivity index (χ0) is 29.1. The summed E-state index contributed by atoms with van der Waals surface area (Å²) in [6.07, 6.45) is 0.224. The molecule has 0 spiro atoms. The molecule has 3 unspecified atom stereocenters. The molecule has 0 saturated heterocycles. The summed E-state index contributed by atoms with van der Waals surface area (Å²) in [5.74, 6) is 0. The van der Waals surface area contributed by atoms with Gasteiger partial charge < -0.3 is 59.4 Å². The summed E-state index contributed by atoms with van der Waals surface area (Å²) in [7, 11) is 0. The highest BCUT2D eigenvalue weighted by Crippen LogP contribution is 1.80. The Balaban J connectivity index is -0.0000000304. The lowest BCUT2D eigenvalue weighted by molar-refractivity contribution is -0.0987. The lowest BCUT2D eigenvalue weighted by Crippen LogP contribution is -2.28. The van der Waals surface area contributed by atoms with Gasteiger partial charge in [0.1, 0.15) is 59.4 Å². The molecule has 0 aromatic rings. The van der Waals surface area contributed by atoms with Crippen LogP contribution in [-0.4, -0.2) is 110 Å². The van der Waals surface area contributed by atoms with Gasteiger partial charge in [0.05, 0.1) is 20.2 Å². The summed E-state index contributed by atoms with van der Waals surface area (Å²) in [6.45, 7) is 17.0. The normalized spacial score (nSPS) is 9.73. The van der Waals surface area contributed by atoms with Gasteiger partial charge in [-0.15, -0.1) is 0 Å². The SMILES string of the molecule is C=O.C=O.C=O.C=O.C=O.C=O.CCC(O)NCO.CCC(O)NCO.CCC(O)NCO. The Bertz CT molecular complexity index is 220. The zero-order valence-electron chi connectivity index (χ0n) is 19.9. The Kier molecular flexibility index (Phi) is 173. The van der Waals surface area contributed by atoms with Crippen molar-refractivity contribution in [2.75, 3.05) is 20.2 Å². The molecule has 0 rings (SSSR count). The Morgan fingerprint density at radius 3 is 0.606 bits per heavy atom. The number of nitrogens with one attached hydrogen (secondary N) is 3. The second-order valence-electron chi connectivity index (χ2n) is 3.86. The number of hydrogen-bond acceptors (Lipinski definition) is 15. The lowest BCUT2D eigenvalue weighted by Gasteiger charge is -2.04. The van der Waals surface area contributed by atoms with Crippen molar-refractivity contribution in [3.05, 3.63) is 0 Å². The van der Waals surface area contributed by atoms with Crippen LogP contribution in [0.1, 0.15) is 40.0 Å². The van der Waals surface area contributed by atoms with Crippen LogP contribution in [0.25, 0.3) is 0 Å². The maximum absolute atomic E-state index is 8.59. The molecule has 15 heteroatoms. The molecule has 0 bridgehead atoms. The monoisotopic (exact) mass is 495 g/mol. The number of carbonyl (C=O) groups excluding carboxylic acids is 6. The van der Waals surface area contributed by atoms with Crippen LogP contribution in [0.5, 0.6) is 0 Å². The second-order valence-corrected chi connectivity index (χ2v) is 3.86. The molecule has 0 saturated carbocycles. The number of hydrogen-bond donors (Lipinski definition) is 9. The first kappa shape index (κ1) is 57.5. The van der Waals surface area contributed by atoms with Gasteiger partial charge in [-0.25, -0.2) is 0 Å². The Morgan fingerprint density at radius 2 is 0.576 bits per heavy atom. The average molecular weight is 496 g/mol. The van der Waals surface area contributed by atoms with E-state index in [0.29, 0.717) is 19.3 Å².